The summed E-state index contributed by atoms with van der Waals surface area (Å²) in [5.41, 5.74) is 1.45. The summed E-state index contributed by atoms with van der Waals surface area (Å²) < 4.78 is 7.23. The highest BCUT2D eigenvalue weighted by Gasteiger charge is 2.42. The van der Waals surface area contributed by atoms with Gasteiger partial charge in [-0.3, -0.25) is 4.68 Å². The predicted molar refractivity (Wildman–Crippen MR) is 86.7 cm³/mol. The van der Waals surface area contributed by atoms with E-state index in [4.69, 9.17) is 16.3 Å². The van der Waals surface area contributed by atoms with Crippen LogP contribution >= 0.6 is 11.6 Å². The number of halogens is 1. The second-order valence-electron chi connectivity index (χ2n) is 6.01. The topological polar surface area (TPSA) is 39.1 Å². The second-order valence-corrected chi connectivity index (χ2v) is 6.41. The molecule has 0 bridgehead atoms. The van der Waals surface area contributed by atoms with Gasteiger partial charge in [0.2, 0.25) is 0 Å². The van der Waals surface area contributed by atoms with Crippen molar-refractivity contribution in [2.75, 3.05) is 20.3 Å². The van der Waals surface area contributed by atoms with Gasteiger partial charge in [0.25, 0.3) is 0 Å². The summed E-state index contributed by atoms with van der Waals surface area (Å²) in [5.74, 6) is 0. The molecule has 2 rings (SSSR count). The average Bonchev–Trinajstić information content (AvgIpc) is 3.11. The van der Waals surface area contributed by atoms with Gasteiger partial charge in [-0.1, -0.05) is 38.3 Å². The Balaban J connectivity index is 2.35. The molecular weight excluding hydrogens is 286 g/mol. The van der Waals surface area contributed by atoms with E-state index < -0.39 is 0 Å². The van der Waals surface area contributed by atoms with Crippen LogP contribution in [0.1, 0.15) is 57.7 Å². The Morgan fingerprint density at radius 2 is 2.14 bits per heavy atom. The van der Waals surface area contributed by atoms with E-state index in [1.54, 1.807) is 13.3 Å². The van der Waals surface area contributed by atoms with Crippen LogP contribution in [-0.2, 0) is 11.3 Å². The van der Waals surface area contributed by atoms with E-state index in [0.717, 1.165) is 23.8 Å². The van der Waals surface area contributed by atoms with Crippen LogP contribution < -0.4 is 5.32 Å². The average molecular weight is 314 g/mol. The molecule has 1 aliphatic rings. The highest BCUT2D eigenvalue weighted by atomic mass is 35.5. The number of hydrogen-bond acceptors (Lipinski definition) is 3. The van der Waals surface area contributed by atoms with Gasteiger partial charge in [0, 0.05) is 7.11 Å². The van der Waals surface area contributed by atoms with Crippen molar-refractivity contribution in [3.63, 3.8) is 0 Å². The molecule has 0 aromatic carbocycles. The van der Waals surface area contributed by atoms with Crippen molar-refractivity contribution in [3.8, 4) is 0 Å². The fraction of sp³-hybridized carbons (Fsp3) is 0.812. The Labute approximate surface area is 133 Å². The van der Waals surface area contributed by atoms with E-state index in [0.29, 0.717) is 12.0 Å². The van der Waals surface area contributed by atoms with Crippen LogP contribution in [0.3, 0.4) is 0 Å². The SMILES string of the molecule is CCNC(c1c(Cl)cnn1CCOC)C1(CC)CCCC1. The van der Waals surface area contributed by atoms with Gasteiger partial charge in [-0.05, 0) is 31.2 Å². The van der Waals surface area contributed by atoms with Crippen molar-refractivity contribution in [1.29, 1.82) is 0 Å². The number of rotatable bonds is 8. The first-order valence-corrected chi connectivity index (χ1v) is 8.50. The molecule has 1 aromatic heterocycles. The number of ether oxygens (including phenoxy) is 1. The molecule has 120 valence electrons. The first kappa shape index (κ1) is 16.8. The lowest BCUT2D eigenvalue weighted by molar-refractivity contribution is 0.163. The highest BCUT2D eigenvalue weighted by molar-refractivity contribution is 6.31. The van der Waals surface area contributed by atoms with E-state index >= 15 is 0 Å². The molecule has 0 saturated heterocycles. The number of nitrogens with one attached hydrogen (secondary N) is 1. The fourth-order valence-electron chi connectivity index (χ4n) is 3.75. The molecule has 21 heavy (non-hydrogen) atoms. The van der Waals surface area contributed by atoms with Crippen LogP contribution in [0.15, 0.2) is 6.20 Å². The van der Waals surface area contributed by atoms with E-state index in [2.05, 4.69) is 24.3 Å². The van der Waals surface area contributed by atoms with Crippen molar-refractivity contribution in [2.45, 2.75) is 58.5 Å². The van der Waals surface area contributed by atoms with Gasteiger partial charge >= 0.3 is 0 Å². The molecule has 5 heteroatoms. The van der Waals surface area contributed by atoms with Crippen LogP contribution in [0.4, 0.5) is 0 Å². The Morgan fingerprint density at radius 1 is 1.43 bits per heavy atom. The lowest BCUT2D eigenvalue weighted by Crippen LogP contribution is -2.38. The van der Waals surface area contributed by atoms with Gasteiger partial charge in [-0.25, -0.2) is 0 Å². The molecule has 1 fully saturated rings. The van der Waals surface area contributed by atoms with Gasteiger partial charge in [-0.2, -0.15) is 5.10 Å². The molecule has 1 unspecified atom stereocenters. The van der Waals surface area contributed by atoms with E-state index in [1.807, 2.05) is 4.68 Å². The smallest absolute Gasteiger partial charge is 0.0834 e. The summed E-state index contributed by atoms with van der Waals surface area (Å²) in [4.78, 5) is 0. The summed E-state index contributed by atoms with van der Waals surface area (Å²) in [6.45, 7) is 6.82. The molecule has 1 heterocycles. The summed E-state index contributed by atoms with van der Waals surface area (Å²) >= 11 is 6.49. The Hall–Kier alpha value is -0.580. The fourth-order valence-corrected chi connectivity index (χ4v) is 4.00. The summed E-state index contributed by atoms with van der Waals surface area (Å²) in [5, 5.41) is 8.92. The van der Waals surface area contributed by atoms with E-state index in [1.165, 1.54) is 32.1 Å². The molecule has 1 aliphatic carbocycles. The van der Waals surface area contributed by atoms with Gasteiger partial charge in [0.1, 0.15) is 0 Å². The monoisotopic (exact) mass is 313 g/mol. The largest absolute Gasteiger partial charge is 0.383 e. The molecule has 0 radical (unpaired) electrons. The molecular formula is C16H28ClN3O. The van der Waals surface area contributed by atoms with Crippen molar-refractivity contribution in [1.82, 2.24) is 15.1 Å². The molecule has 1 atom stereocenters. The quantitative estimate of drug-likeness (QED) is 0.793. The minimum atomic E-state index is 0.279. The minimum Gasteiger partial charge on any atom is -0.383 e. The number of methoxy groups -OCH3 is 1. The second kappa shape index (κ2) is 7.61. The first-order valence-electron chi connectivity index (χ1n) is 8.12. The number of hydrogen-bond donors (Lipinski definition) is 1. The number of aromatic nitrogens is 2. The van der Waals surface area contributed by atoms with E-state index in [9.17, 15) is 0 Å². The molecule has 4 nitrogen and oxygen atoms in total. The maximum absolute atomic E-state index is 6.49. The summed E-state index contributed by atoms with van der Waals surface area (Å²) in [6.07, 6.45) is 8.13. The van der Waals surface area contributed by atoms with Gasteiger partial charge in [-0.15, -0.1) is 0 Å². The zero-order valence-electron chi connectivity index (χ0n) is 13.5. The number of nitrogens with zero attached hydrogens (tertiary/aromatic N) is 2. The molecule has 0 spiro atoms. The van der Waals surface area contributed by atoms with Crippen LogP contribution in [-0.4, -0.2) is 30.0 Å². The minimum absolute atomic E-state index is 0.279. The normalized spacial score (nSPS) is 19.0. The molecule has 1 saturated carbocycles. The van der Waals surface area contributed by atoms with Crippen LogP contribution in [0.2, 0.25) is 5.02 Å². The van der Waals surface area contributed by atoms with E-state index in [-0.39, 0.29) is 6.04 Å². The predicted octanol–water partition coefficient (Wildman–Crippen LogP) is 3.80. The third-order valence-electron chi connectivity index (χ3n) is 4.94. The lowest BCUT2D eigenvalue weighted by atomic mass is 9.74. The van der Waals surface area contributed by atoms with Crippen molar-refractivity contribution < 1.29 is 4.74 Å². The van der Waals surface area contributed by atoms with Gasteiger partial charge in [0.15, 0.2) is 0 Å². The molecule has 0 amide bonds. The molecule has 0 aliphatic heterocycles. The highest BCUT2D eigenvalue weighted by Crippen LogP contribution is 2.51. The maximum atomic E-state index is 6.49. The van der Waals surface area contributed by atoms with Crippen LogP contribution in [0, 0.1) is 5.41 Å². The van der Waals surface area contributed by atoms with Crippen molar-refractivity contribution >= 4 is 11.6 Å². The third-order valence-corrected chi connectivity index (χ3v) is 5.23. The standard InChI is InChI=1S/C16H28ClN3O/c1-4-16(8-6-7-9-16)15(18-5-2)14-13(17)12-19-20(14)10-11-21-3/h12,15,18H,4-11H2,1-3H3. The zero-order chi connectivity index (χ0) is 15.3. The van der Waals surface area contributed by atoms with Crippen LogP contribution in [0.25, 0.3) is 0 Å². The van der Waals surface area contributed by atoms with Crippen molar-refractivity contribution in [3.05, 3.63) is 16.9 Å². The Bertz CT molecular complexity index is 441. The van der Waals surface area contributed by atoms with Crippen molar-refractivity contribution in [2.24, 2.45) is 5.41 Å². The molecule has 1 aromatic rings. The Kier molecular flexibility index (Phi) is 6.08. The summed E-state index contributed by atoms with van der Waals surface area (Å²) in [6, 6.07) is 0.279. The van der Waals surface area contributed by atoms with Crippen LogP contribution in [0.5, 0.6) is 0 Å². The lowest BCUT2D eigenvalue weighted by Gasteiger charge is -2.38. The maximum Gasteiger partial charge on any atom is 0.0834 e. The summed E-state index contributed by atoms with van der Waals surface area (Å²) in [7, 11) is 1.72. The van der Waals surface area contributed by atoms with Gasteiger partial charge < -0.3 is 10.1 Å². The molecule has 1 N–H and O–H groups in total. The van der Waals surface area contributed by atoms with Gasteiger partial charge in [0.05, 0.1) is 36.1 Å². The third kappa shape index (κ3) is 3.43. The Morgan fingerprint density at radius 3 is 2.71 bits per heavy atom. The zero-order valence-corrected chi connectivity index (χ0v) is 14.2. The first-order chi connectivity index (χ1) is 10.2.